The lowest BCUT2D eigenvalue weighted by atomic mass is 10.1. The summed E-state index contributed by atoms with van der Waals surface area (Å²) in [6.07, 6.45) is 2.68. The predicted octanol–water partition coefficient (Wildman–Crippen LogP) is 3.02. The van der Waals surface area contributed by atoms with Gasteiger partial charge in [-0.15, -0.1) is 0 Å². The van der Waals surface area contributed by atoms with Crippen molar-refractivity contribution in [2.75, 3.05) is 30.8 Å². The second-order valence-corrected chi connectivity index (χ2v) is 5.08. The average molecular weight is 284 g/mol. The summed E-state index contributed by atoms with van der Waals surface area (Å²) in [7, 11) is 0. The molecule has 1 unspecified atom stereocenters. The first-order valence-electron chi connectivity index (χ1n) is 7.15. The molecule has 1 rings (SSSR count). The predicted molar refractivity (Wildman–Crippen MR) is 80.6 cm³/mol. The second kappa shape index (κ2) is 8.64. The maximum atomic E-state index is 13.6. The highest BCUT2D eigenvalue weighted by Gasteiger charge is 2.09. The van der Waals surface area contributed by atoms with Gasteiger partial charge in [0.2, 0.25) is 0 Å². The number of benzene rings is 1. The van der Waals surface area contributed by atoms with Crippen LogP contribution in [-0.2, 0) is 0 Å². The van der Waals surface area contributed by atoms with Crippen LogP contribution in [0.1, 0.15) is 33.1 Å². The summed E-state index contributed by atoms with van der Waals surface area (Å²) in [6.45, 7) is 5.38. The van der Waals surface area contributed by atoms with Crippen LogP contribution in [0.25, 0.3) is 0 Å². The van der Waals surface area contributed by atoms with Gasteiger partial charge in [0.15, 0.2) is 11.6 Å². The zero-order chi connectivity index (χ0) is 15.0. The Morgan fingerprint density at radius 3 is 2.85 bits per heavy atom. The summed E-state index contributed by atoms with van der Waals surface area (Å²) in [5.74, 6) is 0.0912. The molecule has 20 heavy (non-hydrogen) atoms. The minimum Gasteiger partial charge on any atom is -0.490 e. The average Bonchev–Trinajstić information content (AvgIpc) is 2.43. The van der Waals surface area contributed by atoms with Crippen LogP contribution in [0.2, 0.25) is 0 Å². The molecule has 0 spiro atoms. The zero-order valence-corrected chi connectivity index (χ0v) is 12.3. The smallest absolute Gasteiger partial charge is 0.167 e. The van der Waals surface area contributed by atoms with Gasteiger partial charge >= 0.3 is 0 Å². The van der Waals surface area contributed by atoms with E-state index in [1.54, 1.807) is 6.07 Å². The van der Waals surface area contributed by atoms with Gasteiger partial charge in [0.1, 0.15) is 0 Å². The number of anilines is 2. The fourth-order valence-corrected chi connectivity index (χ4v) is 1.81. The van der Waals surface area contributed by atoms with E-state index < -0.39 is 5.82 Å². The monoisotopic (exact) mass is 284 g/mol. The van der Waals surface area contributed by atoms with Crippen molar-refractivity contribution in [2.45, 2.75) is 33.1 Å². The zero-order valence-electron chi connectivity index (χ0n) is 12.3. The molecular formula is C15H25FN2O2. The van der Waals surface area contributed by atoms with Crippen LogP contribution in [0.5, 0.6) is 5.75 Å². The van der Waals surface area contributed by atoms with Gasteiger partial charge in [0.25, 0.3) is 0 Å². The molecule has 0 saturated carbocycles. The normalized spacial score (nSPS) is 12.2. The minimum atomic E-state index is -0.435. The molecule has 4 N–H and O–H groups in total. The van der Waals surface area contributed by atoms with Gasteiger partial charge in [0.05, 0.1) is 18.0 Å². The molecule has 5 heteroatoms. The Balaban J connectivity index is 2.55. The van der Waals surface area contributed by atoms with E-state index in [-0.39, 0.29) is 12.4 Å². The number of aliphatic hydroxyl groups is 1. The molecule has 1 aromatic carbocycles. The van der Waals surface area contributed by atoms with Gasteiger partial charge in [-0.1, -0.05) is 13.8 Å². The summed E-state index contributed by atoms with van der Waals surface area (Å²) < 4.78 is 19.0. The summed E-state index contributed by atoms with van der Waals surface area (Å²) in [5, 5.41) is 12.1. The highest BCUT2D eigenvalue weighted by molar-refractivity contribution is 5.68. The number of aliphatic hydroxyl groups excluding tert-OH is 1. The molecule has 114 valence electrons. The maximum Gasteiger partial charge on any atom is 0.167 e. The number of nitrogen functional groups attached to an aromatic ring is 1. The summed E-state index contributed by atoms with van der Waals surface area (Å²) in [6, 6.07) is 2.89. The van der Waals surface area contributed by atoms with Crippen molar-refractivity contribution in [3.05, 3.63) is 17.9 Å². The Kier molecular flexibility index (Phi) is 7.15. The van der Waals surface area contributed by atoms with E-state index in [2.05, 4.69) is 5.32 Å². The number of nitrogens with one attached hydrogen (secondary N) is 1. The largest absolute Gasteiger partial charge is 0.490 e. The van der Waals surface area contributed by atoms with E-state index in [1.165, 1.54) is 6.07 Å². The molecule has 0 fully saturated rings. The lowest BCUT2D eigenvalue weighted by Crippen LogP contribution is -2.08. The molecule has 0 heterocycles. The first-order valence-corrected chi connectivity index (χ1v) is 7.15. The van der Waals surface area contributed by atoms with Crippen molar-refractivity contribution in [1.29, 1.82) is 0 Å². The van der Waals surface area contributed by atoms with Crippen LogP contribution in [0.4, 0.5) is 15.8 Å². The van der Waals surface area contributed by atoms with E-state index >= 15 is 0 Å². The van der Waals surface area contributed by atoms with Gasteiger partial charge in [-0.05, 0) is 25.2 Å². The molecule has 1 atom stereocenters. The Hall–Kier alpha value is -1.49. The highest BCUT2D eigenvalue weighted by atomic mass is 19.1. The van der Waals surface area contributed by atoms with Gasteiger partial charge < -0.3 is 20.9 Å². The minimum absolute atomic E-state index is 0.202. The van der Waals surface area contributed by atoms with Crippen molar-refractivity contribution in [1.82, 2.24) is 0 Å². The van der Waals surface area contributed by atoms with Crippen molar-refractivity contribution >= 4 is 11.4 Å². The van der Waals surface area contributed by atoms with E-state index in [1.807, 2.05) is 13.8 Å². The maximum absolute atomic E-state index is 13.6. The van der Waals surface area contributed by atoms with Crippen LogP contribution in [0.15, 0.2) is 12.1 Å². The van der Waals surface area contributed by atoms with Crippen LogP contribution >= 0.6 is 0 Å². The van der Waals surface area contributed by atoms with Crippen LogP contribution in [0, 0.1) is 11.7 Å². The molecule has 0 aliphatic heterocycles. The van der Waals surface area contributed by atoms with Gasteiger partial charge in [-0.25, -0.2) is 4.39 Å². The SMILES string of the molecule is CCCOc1cc(NCCCC(C)CO)c(N)cc1F. The van der Waals surface area contributed by atoms with Gasteiger partial charge in [0, 0.05) is 25.3 Å². The van der Waals surface area contributed by atoms with Gasteiger partial charge in [-0.2, -0.15) is 0 Å². The molecule has 1 aromatic rings. The van der Waals surface area contributed by atoms with Crippen LogP contribution in [-0.4, -0.2) is 24.9 Å². The Labute approximate surface area is 120 Å². The molecular weight excluding hydrogens is 259 g/mol. The molecule has 0 aromatic heterocycles. The lowest BCUT2D eigenvalue weighted by molar-refractivity contribution is 0.229. The summed E-state index contributed by atoms with van der Waals surface area (Å²) in [5.41, 5.74) is 6.85. The van der Waals surface area contributed by atoms with Gasteiger partial charge in [-0.3, -0.25) is 0 Å². The van der Waals surface area contributed by atoms with E-state index in [0.29, 0.717) is 23.9 Å². The molecule has 0 aliphatic carbocycles. The summed E-state index contributed by atoms with van der Waals surface area (Å²) in [4.78, 5) is 0. The molecule has 0 aliphatic rings. The molecule has 0 radical (unpaired) electrons. The molecule has 0 amide bonds. The molecule has 0 saturated heterocycles. The van der Waals surface area contributed by atoms with Crippen molar-refractivity contribution in [3.8, 4) is 5.75 Å². The quantitative estimate of drug-likeness (QED) is 0.481. The van der Waals surface area contributed by atoms with Crippen LogP contribution < -0.4 is 15.8 Å². The van der Waals surface area contributed by atoms with Crippen LogP contribution in [0.3, 0.4) is 0 Å². The highest BCUT2D eigenvalue weighted by Crippen LogP contribution is 2.28. The molecule has 4 nitrogen and oxygen atoms in total. The number of hydrogen-bond acceptors (Lipinski definition) is 4. The number of hydrogen-bond donors (Lipinski definition) is 3. The Bertz CT molecular complexity index is 413. The number of halogens is 1. The fourth-order valence-electron chi connectivity index (χ4n) is 1.81. The van der Waals surface area contributed by atoms with Crippen molar-refractivity contribution in [2.24, 2.45) is 5.92 Å². The van der Waals surface area contributed by atoms with Crippen molar-refractivity contribution in [3.63, 3.8) is 0 Å². The Morgan fingerprint density at radius 2 is 2.20 bits per heavy atom. The number of nitrogens with two attached hydrogens (primary N) is 1. The second-order valence-electron chi connectivity index (χ2n) is 5.08. The topological polar surface area (TPSA) is 67.5 Å². The first-order chi connectivity index (χ1) is 9.58. The number of ether oxygens (including phenoxy) is 1. The summed E-state index contributed by atoms with van der Waals surface area (Å²) >= 11 is 0. The molecule has 0 bridgehead atoms. The first kappa shape index (κ1) is 16.6. The van der Waals surface area contributed by atoms with E-state index in [9.17, 15) is 4.39 Å². The van der Waals surface area contributed by atoms with E-state index in [0.717, 1.165) is 25.8 Å². The third-order valence-electron chi connectivity index (χ3n) is 3.07. The standard InChI is InChI=1S/C15H25FN2O2/c1-3-7-20-15-9-14(13(17)8-12(15)16)18-6-4-5-11(2)10-19/h8-9,11,18-19H,3-7,10,17H2,1-2H3. The third-order valence-corrected chi connectivity index (χ3v) is 3.07. The third kappa shape index (κ3) is 5.25. The van der Waals surface area contributed by atoms with E-state index in [4.69, 9.17) is 15.6 Å². The van der Waals surface area contributed by atoms with Crippen molar-refractivity contribution < 1.29 is 14.2 Å². The Morgan fingerprint density at radius 1 is 1.45 bits per heavy atom. The fraction of sp³-hybridized carbons (Fsp3) is 0.600. The lowest BCUT2D eigenvalue weighted by Gasteiger charge is -2.13. The number of rotatable bonds is 9.